The Hall–Kier alpha value is -3.09. The van der Waals surface area contributed by atoms with E-state index in [1.807, 2.05) is 23.1 Å². The molecule has 0 aromatic heterocycles. The predicted molar refractivity (Wildman–Crippen MR) is 103 cm³/mol. The normalized spacial score (nSPS) is 15.3. The van der Waals surface area contributed by atoms with Crippen LogP contribution in [0.4, 0.5) is 11.4 Å². The van der Waals surface area contributed by atoms with Crippen LogP contribution in [0.15, 0.2) is 48.5 Å². The Morgan fingerprint density at radius 1 is 1.11 bits per heavy atom. The first-order chi connectivity index (χ1) is 13.0. The molecule has 2 aromatic carbocycles. The highest BCUT2D eigenvalue weighted by Crippen LogP contribution is 2.24. The van der Waals surface area contributed by atoms with E-state index in [4.69, 9.17) is 4.74 Å². The van der Waals surface area contributed by atoms with Gasteiger partial charge in [0.1, 0.15) is 5.75 Å². The highest BCUT2D eigenvalue weighted by atomic mass is 16.6. The fourth-order valence-corrected chi connectivity index (χ4v) is 3.24. The van der Waals surface area contributed by atoms with E-state index in [0.29, 0.717) is 24.4 Å². The number of piperazine rings is 1. The second kappa shape index (κ2) is 8.07. The minimum absolute atomic E-state index is 0.0402. The maximum Gasteiger partial charge on any atom is 0.272 e. The van der Waals surface area contributed by atoms with E-state index < -0.39 is 11.0 Å². The van der Waals surface area contributed by atoms with Gasteiger partial charge in [0, 0.05) is 43.5 Å². The number of nitro groups is 1. The van der Waals surface area contributed by atoms with Crippen LogP contribution in [0.3, 0.4) is 0 Å². The Kier molecular flexibility index (Phi) is 5.59. The fraction of sp³-hybridized carbons (Fsp3) is 0.350. The second-order valence-corrected chi connectivity index (χ2v) is 6.61. The van der Waals surface area contributed by atoms with Gasteiger partial charge in [0.05, 0.1) is 4.92 Å². The van der Waals surface area contributed by atoms with Crippen LogP contribution >= 0.6 is 0 Å². The van der Waals surface area contributed by atoms with Crippen molar-refractivity contribution in [1.29, 1.82) is 0 Å². The molecule has 7 nitrogen and oxygen atoms in total. The van der Waals surface area contributed by atoms with Crippen molar-refractivity contribution in [2.75, 3.05) is 31.1 Å². The zero-order chi connectivity index (χ0) is 19.4. The summed E-state index contributed by atoms with van der Waals surface area (Å²) >= 11 is 0. The van der Waals surface area contributed by atoms with E-state index in [-0.39, 0.29) is 11.6 Å². The van der Waals surface area contributed by atoms with Crippen molar-refractivity contribution in [3.8, 4) is 5.75 Å². The molecule has 1 saturated heterocycles. The monoisotopic (exact) mass is 369 g/mol. The van der Waals surface area contributed by atoms with Crippen LogP contribution in [-0.2, 0) is 4.79 Å². The summed E-state index contributed by atoms with van der Waals surface area (Å²) in [6.07, 6.45) is -0.644. The number of hydrogen-bond acceptors (Lipinski definition) is 5. The van der Waals surface area contributed by atoms with Gasteiger partial charge in [0.2, 0.25) is 0 Å². The number of para-hydroxylation sites is 1. The molecule has 1 aliphatic heterocycles. The average molecular weight is 369 g/mol. The SMILES string of the molecule is Cc1cc(O[C@@H](C)C(=O)N2CCN(c3ccccc3)CC2)ccc1[N+](=O)[O-]. The van der Waals surface area contributed by atoms with Gasteiger partial charge in [0.15, 0.2) is 6.10 Å². The van der Waals surface area contributed by atoms with Crippen molar-refractivity contribution >= 4 is 17.3 Å². The summed E-state index contributed by atoms with van der Waals surface area (Å²) in [5.41, 5.74) is 1.71. The van der Waals surface area contributed by atoms with Crippen molar-refractivity contribution in [3.05, 3.63) is 64.2 Å². The largest absolute Gasteiger partial charge is 0.481 e. The lowest BCUT2D eigenvalue weighted by Crippen LogP contribution is -2.52. The third-order valence-electron chi connectivity index (χ3n) is 4.74. The van der Waals surface area contributed by atoms with Crippen molar-refractivity contribution in [3.63, 3.8) is 0 Å². The summed E-state index contributed by atoms with van der Waals surface area (Å²) in [7, 11) is 0. The molecule has 0 unspecified atom stereocenters. The summed E-state index contributed by atoms with van der Waals surface area (Å²) in [4.78, 5) is 27.2. The van der Waals surface area contributed by atoms with E-state index in [0.717, 1.165) is 18.8 Å². The topological polar surface area (TPSA) is 75.9 Å². The maximum absolute atomic E-state index is 12.7. The Bertz CT molecular complexity index is 817. The Balaban J connectivity index is 1.57. The Morgan fingerprint density at radius 2 is 1.78 bits per heavy atom. The van der Waals surface area contributed by atoms with Crippen LogP contribution < -0.4 is 9.64 Å². The molecule has 27 heavy (non-hydrogen) atoms. The zero-order valence-electron chi connectivity index (χ0n) is 15.5. The number of hydrogen-bond donors (Lipinski definition) is 0. The van der Waals surface area contributed by atoms with Gasteiger partial charge in [-0.1, -0.05) is 18.2 Å². The highest BCUT2D eigenvalue weighted by molar-refractivity contribution is 5.81. The van der Waals surface area contributed by atoms with Gasteiger partial charge < -0.3 is 14.5 Å². The highest BCUT2D eigenvalue weighted by Gasteiger charge is 2.26. The smallest absolute Gasteiger partial charge is 0.272 e. The van der Waals surface area contributed by atoms with Gasteiger partial charge in [-0.25, -0.2) is 0 Å². The van der Waals surface area contributed by atoms with Crippen molar-refractivity contribution in [2.24, 2.45) is 0 Å². The molecule has 0 saturated carbocycles. The first kappa shape index (κ1) is 18.7. The number of ether oxygens (including phenoxy) is 1. The maximum atomic E-state index is 12.7. The van der Waals surface area contributed by atoms with Gasteiger partial charge in [0.25, 0.3) is 11.6 Å². The molecule has 0 radical (unpaired) electrons. The number of carbonyl (C=O) groups is 1. The molecule has 2 aromatic rings. The number of aryl methyl sites for hydroxylation is 1. The molecule has 3 rings (SSSR count). The van der Waals surface area contributed by atoms with E-state index in [1.54, 1.807) is 19.9 Å². The third kappa shape index (κ3) is 4.36. The third-order valence-corrected chi connectivity index (χ3v) is 4.74. The van der Waals surface area contributed by atoms with Crippen molar-refractivity contribution in [1.82, 2.24) is 4.90 Å². The fourth-order valence-electron chi connectivity index (χ4n) is 3.24. The van der Waals surface area contributed by atoms with Crippen molar-refractivity contribution < 1.29 is 14.5 Å². The van der Waals surface area contributed by atoms with Crippen LogP contribution in [0.25, 0.3) is 0 Å². The lowest BCUT2D eigenvalue weighted by atomic mass is 10.2. The molecule has 1 aliphatic rings. The predicted octanol–water partition coefficient (Wildman–Crippen LogP) is 3.02. The standard InChI is InChI=1S/C20H23N3O4/c1-15-14-18(8-9-19(15)23(25)26)27-16(2)20(24)22-12-10-21(11-13-22)17-6-4-3-5-7-17/h3-9,14,16H,10-13H2,1-2H3/t16-/m0/s1. The molecular formula is C20H23N3O4. The lowest BCUT2D eigenvalue weighted by molar-refractivity contribution is -0.385. The van der Waals surface area contributed by atoms with E-state index >= 15 is 0 Å². The van der Waals surface area contributed by atoms with E-state index in [9.17, 15) is 14.9 Å². The summed E-state index contributed by atoms with van der Waals surface area (Å²) in [5, 5.41) is 10.9. The molecule has 0 spiro atoms. The van der Waals surface area contributed by atoms with Crippen LogP contribution in [0.1, 0.15) is 12.5 Å². The van der Waals surface area contributed by atoms with E-state index in [1.165, 1.54) is 12.1 Å². The molecular weight excluding hydrogens is 346 g/mol. The molecule has 1 fully saturated rings. The number of nitrogens with zero attached hydrogens (tertiary/aromatic N) is 3. The number of rotatable bonds is 5. The lowest BCUT2D eigenvalue weighted by Gasteiger charge is -2.37. The minimum Gasteiger partial charge on any atom is -0.481 e. The quantitative estimate of drug-likeness (QED) is 0.598. The van der Waals surface area contributed by atoms with Crippen molar-refractivity contribution in [2.45, 2.75) is 20.0 Å². The number of amides is 1. The summed E-state index contributed by atoms with van der Waals surface area (Å²) < 4.78 is 5.73. The summed E-state index contributed by atoms with van der Waals surface area (Å²) in [6, 6.07) is 14.7. The minimum atomic E-state index is -0.644. The van der Waals surface area contributed by atoms with Gasteiger partial charge in [-0.2, -0.15) is 0 Å². The number of carbonyl (C=O) groups excluding carboxylic acids is 1. The van der Waals surface area contributed by atoms with Crippen LogP contribution in [-0.4, -0.2) is 48.0 Å². The van der Waals surface area contributed by atoms with Gasteiger partial charge in [-0.05, 0) is 38.1 Å². The molecule has 0 aliphatic carbocycles. The molecule has 1 amide bonds. The van der Waals surface area contributed by atoms with Crippen LogP contribution in [0.2, 0.25) is 0 Å². The van der Waals surface area contributed by atoms with Crippen LogP contribution in [0.5, 0.6) is 5.75 Å². The van der Waals surface area contributed by atoms with E-state index in [2.05, 4.69) is 17.0 Å². The van der Waals surface area contributed by atoms with Crippen LogP contribution in [0, 0.1) is 17.0 Å². The second-order valence-electron chi connectivity index (χ2n) is 6.61. The Labute approximate surface area is 158 Å². The number of anilines is 1. The van der Waals surface area contributed by atoms with Gasteiger partial charge in [-0.15, -0.1) is 0 Å². The van der Waals surface area contributed by atoms with Gasteiger partial charge >= 0.3 is 0 Å². The molecule has 1 atom stereocenters. The first-order valence-corrected chi connectivity index (χ1v) is 8.96. The Morgan fingerprint density at radius 3 is 2.37 bits per heavy atom. The number of nitro benzene ring substituents is 1. The molecule has 1 heterocycles. The molecule has 142 valence electrons. The first-order valence-electron chi connectivity index (χ1n) is 8.96. The molecule has 7 heteroatoms. The molecule has 0 bridgehead atoms. The molecule has 0 N–H and O–H groups in total. The summed E-state index contributed by atoms with van der Waals surface area (Å²) in [5.74, 6) is 0.389. The average Bonchev–Trinajstić information content (AvgIpc) is 2.68. The van der Waals surface area contributed by atoms with Gasteiger partial charge in [-0.3, -0.25) is 14.9 Å². The zero-order valence-corrected chi connectivity index (χ0v) is 15.5. The summed E-state index contributed by atoms with van der Waals surface area (Å²) in [6.45, 7) is 6.20. The number of benzene rings is 2.